The molecule has 5 nitrogen and oxygen atoms in total. The van der Waals surface area contributed by atoms with Crippen LogP contribution in [0.25, 0.3) is 6.08 Å². The number of ether oxygens (including phenoxy) is 3. The third-order valence-electron chi connectivity index (χ3n) is 3.70. The van der Waals surface area contributed by atoms with Gasteiger partial charge in [0.1, 0.15) is 19.0 Å². The molecule has 0 bridgehead atoms. The van der Waals surface area contributed by atoms with Gasteiger partial charge in [0.25, 0.3) is 0 Å². The standard InChI is InChI=1S/C22H18FNO4/c1-3-11-26-19-10-5-15(14-20(19)27-12-4-2)13-18-22(25)28-21(24-18)16-6-8-17(23)9-7-16/h3-10,13-14H,1-2,11-12H2/b18-13+. The molecule has 2 aromatic rings. The second kappa shape index (κ2) is 8.81. The van der Waals surface area contributed by atoms with Crippen molar-refractivity contribution in [3.63, 3.8) is 0 Å². The van der Waals surface area contributed by atoms with Crippen molar-refractivity contribution in [1.82, 2.24) is 0 Å². The first kappa shape index (κ1) is 19.1. The molecule has 3 rings (SSSR count). The number of nitrogens with zero attached hydrogens (tertiary/aromatic N) is 1. The number of esters is 1. The van der Waals surface area contributed by atoms with Gasteiger partial charge in [0.15, 0.2) is 17.2 Å². The molecule has 1 aliphatic heterocycles. The smallest absolute Gasteiger partial charge is 0.363 e. The van der Waals surface area contributed by atoms with Crippen molar-refractivity contribution in [2.24, 2.45) is 4.99 Å². The van der Waals surface area contributed by atoms with Crippen LogP contribution in [0.4, 0.5) is 4.39 Å². The molecule has 0 fully saturated rings. The van der Waals surface area contributed by atoms with Gasteiger partial charge in [-0.05, 0) is 48.0 Å². The van der Waals surface area contributed by atoms with Gasteiger partial charge in [-0.2, -0.15) is 0 Å². The van der Waals surface area contributed by atoms with Gasteiger partial charge in [0.05, 0.1) is 0 Å². The fourth-order valence-corrected chi connectivity index (χ4v) is 2.43. The summed E-state index contributed by atoms with van der Waals surface area (Å²) in [5.74, 6) is 0.221. The maximum Gasteiger partial charge on any atom is 0.363 e. The molecule has 0 radical (unpaired) electrons. The summed E-state index contributed by atoms with van der Waals surface area (Å²) in [6.45, 7) is 7.89. The van der Waals surface area contributed by atoms with E-state index in [1.54, 1.807) is 36.4 Å². The van der Waals surface area contributed by atoms with Crippen LogP contribution < -0.4 is 9.47 Å². The Labute approximate surface area is 162 Å². The van der Waals surface area contributed by atoms with Gasteiger partial charge >= 0.3 is 5.97 Å². The Morgan fingerprint density at radius 2 is 1.68 bits per heavy atom. The molecule has 0 saturated heterocycles. The number of benzene rings is 2. The average Bonchev–Trinajstić information content (AvgIpc) is 3.06. The number of cyclic esters (lactones) is 1. The minimum absolute atomic E-state index is 0.130. The fraction of sp³-hybridized carbons (Fsp3) is 0.0909. The van der Waals surface area contributed by atoms with Crippen molar-refractivity contribution in [3.05, 3.63) is 90.4 Å². The van der Waals surface area contributed by atoms with E-state index in [1.165, 1.54) is 24.3 Å². The van der Waals surface area contributed by atoms with Crippen LogP contribution in [0.5, 0.6) is 11.5 Å². The molecule has 1 aliphatic rings. The van der Waals surface area contributed by atoms with Crippen molar-refractivity contribution in [1.29, 1.82) is 0 Å². The fourth-order valence-electron chi connectivity index (χ4n) is 2.43. The van der Waals surface area contributed by atoms with Crippen LogP contribution >= 0.6 is 0 Å². The number of hydrogen-bond acceptors (Lipinski definition) is 5. The Bertz CT molecular complexity index is 961. The predicted molar refractivity (Wildman–Crippen MR) is 105 cm³/mol. The van der Waals surface area contributed by atoms with Gasteiger partial charge in [-0.15, -0.1) is 0 Å². The Morgan fingerprint density at radius 1 is 1.00 bits per heavy atom. The zero-order valence-electron chi connectivity index (χ0n) is 15.1. The van der Waals surface area contributed by atoms with Crippen molar-refractivity contribution in [3.8, 4) is 11.5 Å². The topological polar surface area (TPSA) is 57.1 Å². The summed E-state index contributed by atoms with van der Waals surface area (Å²) in [6, 6.07) is 10.8. The molecule has 0 atom stereocenters. The van der Waals surface area contributed by atoms with Crippen LogP contribution in [0, 0.1) is 5.82 Å². The predicted octanol–water partition coefficient (Wildman–Crippen LogP) is 4.30. The second-order valence-electron chi connectivity index (χ2n) is 5.75. The van der Waals surface area contributed by atoms with Crippen molar-refractivity contribution in [2.45, 2.75) is 0 Å². The largest absolute Gasteiger partial charge is 0.486 e. The first-order valence-electron chi connectivity index (χ1n) is 8.50. The van der Waals surface area contributed by atoms with Gasteiger partial charge in [-0.25, -0.2) is 14.2 Å². The molecular formula is C22H18FNO4. The second-order valence-corrected chi connectivity index (χ2v) is 5.75. The number of carbonyl (C=O) groups is 1. The van der Waals surface area contributed by atoms with E-state index in [0.29, 0.717) is 35.8 Å². The van der Waals surface area contributed by atoms with Crippen molar-refractivity contribution in [2.75, 3.05) is 13.2 Å². The minimum Gasteiger partial charge on any atom is -0.486 e. The van der Waals surface area contributed by atoms with Crippen LogP contribution in [0.15, 0.2) is 78.5 Å². The monoisotopic (exact) mass is 379 g/mol. The summed E-state index contributed by atoms with van der Waals surface area (Å²) in [4.78, 5) is 16.3. The first-order valence-corrected chi connectivity index (χ1v) is 8.50. The molecule has 1 heterocycles. The highest BCUT2D eigenvalue weighted by atomic mass is 19.1. The van der Waals surface area contributed by atoms with E-state index in [-0.39, 0.29) is 17.4 Å². The maximum atomic E-state index is 13.1. The van der Waals surface area contributed by atoms with Gasteiger partial charge in [0, 0.05) is 5.56 Å². The third kappa shape index (κ3) is 4.54. The van der Waals surface area contributed by atoms with E-state index in [1.807, 2.05) is 0 Å². The van der Waals surface area contributed by atoms with Crippen LogP contribution in [0.3, 0.4) is 0 Å². The summed E-state index contributed by atoms with van der Waals surface area (Å²) >= 11 is 0. The lowest BCUT2D eigenvalue weighted by atomic mass is 10.1. The lowest BCUT2D eigenvalue weighted by Gasteiger charge is -2.11. The molecule has 0 aliphatic carbocycles. The van der Waals surface area contributed by atoms with E-state index in [0.717, 1.165) is 0 Å². The lowest BCUT2D eigenvalue weighted by Crippen LogP contribution is -2.05. The highest BCUT2D eigenvalue weighted by Gasteiger charge is 2.24. The number of halogens is 1. The maximum absolute atomic E-state index is 13.1. The van der Waals surface area contributed by atoms with Gasteiger partial charge < -0.3 is 14.2 Å². The normalized spacial score (nSPS) is 14.4. The van der Waals surface area contributed by atoms with Crippen LogP contribution in [-0.4, -0.2) is 25.1 Å². The van der Waals surface area contributed by atoms with Crippen LogP contribution in [0.1, 0.15) is 11.1 Å². The van der Waals surface area contributed by atoms with Gasteiger partial charge in [-0.3, -0.25) is 0 Å². The number of rotatable bonds is 8. The van der Waals surface area contributed by atoms with Gasteiger partial charge in [-0.1, -0.05) is 31.4 Å². The zero-order chi connectivity index (χ0) is 19.9. The molecule has 0 spiro atoms. The molecule has 28 heavy (non-hydrogen) atoms. The quantitative estimate of drug-likeness (QED) is 0.390. The Balaban J connectivity index is 1.88. The molecule has 142 valence electrons. The highest BCUT2D eigenvalue weighted by molar-refractivity contribution is 6.12. The Kier molecular flexibility index (Phi) is 6.01. The molecule has 0 N–H and O–H groups in total. The van der Waals surface area contributed by atoms with Crippen LogP contribution in [0.2, 0.25) is 0 Å². The van der Waals surface area contributed by atoms with Crippen LogP contribution in [-0.2, 0) is 9.53 Å². The van der Waals surface area contributed by atoms with E-state index in [2.05, 4.69) is 18.2 Å². The van der Waals surface area contributed by atoms with Gasteiger partial charge in [0.2, 0.25) is 5.90 Å². The van der Waals surface area contributed by atoms with E-state index in [4.69, 9.17) is 14.2 Å². The molecule has 0 unspecified atom stereocenters. The number of hydrogen-bond donors (Lipinski definition) is 0. The molecule has 6 heteroatoms. The Morgan fingerprint density at radius 3 is 2.36 bits per heavy atom. The first-order chi connectivity index (χ1) is 13.6. The average molecular weight is 379 g/mol. The Hall–Kier alpha value is -3.67. The molecular weight excluding hydrogens is 361 g/mol. The minimum atomic E-state index is -0.583. The summed E-state index contributed by atoms with van der Waals surface area (Å²) in [5, 5.41) is 0. The number of carbonyl (C=O) groups excluding carboxylic acids is 1. The van der Waals surface area contributed by atoms with E-state index in [9.17, 15) is 9.18 Å². The summed E-state index contributed by atoms with van der Waals surface area (Å²) in [5.41, 5.74) is 1.33. The number of aliphatic imine (C=N–C) groups is 1. The molecule has 0 amide bonds. The molecule has 2 aromatic carbocycles. The summed E-state index contributed by atoms with van der Waals surface area (Å²) in [6.07, 6.45) is 4.83. The van der Waals surface area contributed by atoms with E-state index >= 15 is 0 Å². The molecule has 0 saturated carbocycles. The van der Waals surface area contributed by atoms with Crippen molar-refractivity contribution < 1.29 is 23.4 Å². The van der Waals surface area contributed by atoms with E-state index < -0.39 is 5.97 Å². The zero-order valence-corrected chi connectivity index (χ0v) is 15.1. The lowest BCUT2D eigenvalue weighted by molar-refractivity contribution is -0.129. The summed E-state index contributed by atoms with van der Waals surface area (Å²) in [7, 11) is 0. The van der Waals surface area contributed by atoms with Crippen molar-refractivity contribution >= 4 is 17.9 Å². The molecule has 0 aromatic heterocycles. The highest BCUT2D eigenvalue weighted by Crippen LogP contribution is 2.30. The SMILES string of the molecule is C=CCOc1ccc(/C=C2/N=C(c3ccc(F)cc3)OC2=O)cc1OCC=C. The third-order valence-corrected chi connectivity index (χ3v) is 3.70. The summed E-state index contributed by atoms with van der Waals surface area (Å²) < 4.78 is 29.4.